The van der Waals surface area contributed by atoms with Crippen LogP contribution >= 0.6 is 22.7 Å². The van der Waals surface area contributed by atoms with Gasteiger partial charge in [0.15, 0.2) is 12.6 Å². The second-order valence-corrected chi connectivity index (χ2v) is 6.35. The monoisotopic (exact) mass is 370 g/mol. The SMILES string of the molecule is O=Cc1sccc1OCCOCCOCCOc1ccsc1C=O. The van der Waals surface area contributed by atoms with Crippen LogP contribution < -0.4 is 9.47 Å². The first-order valence-corrected chi connectivity index (χ1v) is 9.07. The molecule has 0 N–H and O–H groups in total. The van der Waals surface area contributed by atoms with Crippen LogP contribution in [0.15, 0.2) is 22.9 Å². The molecular weight excluding hydrogens is 352 g/mol. The third-order valence-corrected chi connectivity index (χ3v) is 4.52. The molecule has 24 heavy (non-hydrogen) atoms. The minimum absolute atomic E-state index is 0.382. The highest BCUT2D eigenvalue weighted by molar-refractivity contribution is 7.12. The molecule has 0 atom stereocenters. The number of ether oxygens (including phenoxy) is 4. The molecule has 130 valence electrons. The summed E-state index contributed by atoms with van der Waals surface area (Å²) in [5, 5.41) is 3.62. The van der Waals surface area contributed by atoms with Crippen LogP contribution in [-0.2, 0) is 9.47 Å². The third-order valence-electron chi connectivity index (χ3n) is 2.87. The summed E-state index contributed by atoms with van der Waals surface area (Å²) in [6.07, 6.45) is 1.57. The second-order valence-electron chi connectivity index (χ2n) is 4.46. The van der Waals surface area contributed by atoms with E-state index in [9.17, 15) is 9.59 Å². The standard InChI is InChI=1S/C16H18O6S2/c17-11-15-13(1-9-23-15)21-7-5-19-3-4-20-6-8-22-14-2-10-24-16(14)12-18/h1-2,9-12H,3-8H2. The summed E-state index contributed by atoms with van der Waals surface area (Å²) in [5.41, 5.74) is 0. The zero-order chi connectivity index (χ0) is 17.0. The minimum atomic E-state index is 0.382. The maximum absolute atomic E-state index is 10.7. The molecule has 0 saturated heterocycles. The van der Waals surface area contributed by atoms with Gasteiger partial charge in [0.2, 0.25) is 0 Å². The average molecular weight is 370 g/mol. The third kappa shape index (κ3) is 6.04. The predicted octanol–water partition coefficient (Wildman–Crippen LogP) is 2.93. The molecule has 2 aromatic heterocycles. The fourth-order valence-electron chi connectivity index (χ4n) is 1.77. The van der Waals surface area contributed by atoms with Crippen molar-refractivity contribution in [3.63, 3.8) is 0 Å². The number of aldehydes is 2. The van der Waals surface area contributed by atoms with Gasteiger partial charge in [-0.2, -0.15) is 0 Å². The van der Waals surface area contributed by atoms with Gasteiger partial charge in [-0.15, -0.1) is 22.7 Å². The molecule has 0 unspecified atom stereocenters. The van der Waals surface area contributed by atoms with E-state index in [2.05, 4.69) is 0 Å². The van der Waals surface area contributed by atoms with Crippen molar-refractivity contribution < 1.29 is 28.5 Å². The average Bonchev–Trinajstić information content (AvgIpc) is 3.24. The highest BCUT2D eigenvalue weighted by Gasteiger charge is 2.04. The lowest BCUT2D eigenvalue weighted by molar-refractivity contribution is 0.0273. The maximum atomic E-state index is 10.7. The first-order chi connectivity index (χ1) is 11.8. The van der Waals surface area contributed by atoms with Crippen LogP contribution in [-0.4, -0.2) is 52.2 Å². The van der Waals surface area contributed by atoms with Crippen molar-refractivity contribution in [2.75, 3.05) is 39.6 Å². The van der Waals surface area contributed by atoms with E-state index in [1.54, 1.807) is 12.1 Å². The Balaban J connectivity index is 1.43. The van der Waals surface area contributed by atoms with Gasteiger partial charge in [-0.25, -0.2) is 0 Å². The smallest absolute Gasteiger partial charge is 0.163 e. The minimum Gasteiger partial charge on any atom is -0.490 e. The fourth-order valence-corrected chi connectivity index (χ4v) is 3.05. The zero-order valence-corrected chi connectivity index (χ0v) is 14.6. The fraction of sp³-hybridized carbons (Fsp3) is 0.375. The van der Waals surface area contributed by atoms with E-state index in [-0.39, 0.29) is 0 Å². The summed E-state index contributed by atoms with van der Waals surface area (Å²) in [5.74, 6) is 1.19. The number of carbonyl (C=O) groups excluding carboxylic acids is 2. The molecule has 0 radical (unpaired) electrons. The van der Waals surface area contributed by atoms with Crippen LogP contribution in [0, 0.1) is 0 Å². The Kier molecular flexibility index (Phi) is 8.47. The Morgan fingerprint density at radius 2 is 1.12 bits per heavy atom. The van der Waals surface area contributed by atoms with Crippen molar-refractivity contribution in [2.24, 2.45) is 0 Å². The Hall–Kier alpha value is -1.74. The number of rotatable bonds is 13. The lowest BCUT2D eigenvalue weighted by Crippen LogP contribution is -2.13. The van der Waals surface area contributed by atoms with E-state index in [0.717, 1.165) is 12.6 Å². The quantitative estimate of drug-likeness (QED) is 0.399. The highest BCUT2D eigenvalue weighted by Crippen LogP contribution is 2.23. The Morgan fingerprint density at radius 1 is 0.708 bits per heavy atom. The summed E-state index contributed by atoms with van der Waals surface area (Å²) in [7, 11) is 0. The lowest BCUT2D eigenvalue weighted by atomic mass is 10.4. The van der Waals surface area contributed by atoms with Crippen molar-refractivity contribution in [1.29, 1.82) is 0 Å². The van der Waals surface area contributed by atoms with E-state index in [4.69, 9.17) is 18.9 Å². The van der Waals surface area contributed by atoms with E-state index >= 15 is 0 Å². The Morgan fingerprint density at radius 3 is 1.54 bits per heavy atom. The Labute approximate surface area is 147 Å². The summed E-state index contributed by atoms with van der Waals surface area (Å²) >= 11 is 2.69. The van der Waals surface area contributed by atoms with Gasteiger partial charge in [0.25, 0.3) is 0 Å². The van der Waals surface area contributed by atoms with Crippen molar-refractivity contribution >= 4 is 35.2 Å². The molecule has 0 aliphatic heterocycles. The summed E-state index contributed by atoms with van der Waals surface area (Å²) < 4.78 is 21.6. The molecule has 0 fully saturated rings. The zero-order valence-electron chi connectivity index (χ0n) is 13.0. The summed E-state index contributed by atoms with van der Waals surface area (Å²) in [6.45, 7) is 2.51. The number of thiophene rings is 2. The summed E-state index contributed by atoms with van der Waals surface area (Å²) in [6, 6.07) is 3.53. The van der Waals surface area contributed by atoms with E-state index in [1.165, 1.54) is 22.7 Å². The van der Waals surface area contributed by atoms with Crippen molar-refractivity contribution in [3.05, 3.63) is 32.6 Å². The summed E-state index contributed by atoms with van der Waals surface area (Å²) in [4.78, 5) is 22.6. The second kappa shape index (κ2) is 10.9. The molecule has 0 aliphatic rings. The van der Waals surface area contributed by atoms with Crippen LogP contribution in [0.1, 0.15) is 19.3 Å². The first-order valence-electron chi connectivity index (χ1n) is 7.31. The highest BCUT2D eigenvalue weighted by atomic mass is 32.1. The molecule has 2 aromatic rings. The normalized spacial score (nSPS) is 10.5. The topological polar surface area (TPSA) is 71.1 Å². The molecule has 6 nitrogen and oxygen atoms in total. The van der Waals surface area contributed by atoms with E-state index in [0.29, 0.717) is 60.9 Å². The van der Waals surface area contributed by atoms with Crippen molar-refractivity contribution in [1.82, 2.24) is 0 Å². The molecule has 0 amide bonds. The number of hydrogen-bond donors (Lipinski definition) is 0. The Bertz CT molecular complexity index is 567. The predicted molar refractivity (Wildman–Crippen MR) is 92.0 cm³/mol. The van der Waals surface area contributed by atoms with Gasteiger partial charge in [0, 0.05) is 0 Å². The van der Waals surface area contributed by atoms with Gasteiger partial charge in [-0.1, -0.05) is 0 Å². The van der Waals surface area contributed by atoms with Crippen molar-refractivity contribution in [3.8, 4) is 11.5 Å². The van der Waals surface area contributed by atoms with E-state index in [1.807, 2.05) is 10.8 Å². The van der Waals surface area contributed by atoms with Crippen molar-refractivity contribution in [2.45, 2.75) is 0 Å². The van der Waals surface area contributed by atoms with Crippen LogP contribution in [0.25, 0.3) is 0 Å². The lowest BCUT2D eigenvalue weighted by Gasteiger charge is -2.08. The molecule has 2 rings (SSSR count). The van der Waals surface area contributed by atoms with Gasteiger partial charge in [0.1, 0.15) is 34.5 Å². The van der Waals surface area contributed by atoms with Gasteiger partial charge >= 0.3 is 0 Å². The molecular formula is C16H18O6S2. The number of hydrogen-bond acceptors (Lipinski definition) is 8. The van der Waals surface area contributed by atoms with Gasteiger partial charge in [0.05, 0.1) is 26.4 Å². The van der Waals surface area contributed by atoms with Crippen LogP contribution in [0.4, 0.5) is 0 Å². The van der Waals surface area contributed by atoms with Crippen LogP contribution in [0.3, 0.4) is 0 Å². The molecule has 0 bridgehead atoms. The molecule has 0 saturated carbocycles. The van der Waals surface area contributed by atoms with Gasteiger partial charge in [-0.3, -0.25) is 9.59 Å². The largest absolute Gasteiger partial charge is 0.490 e. The molecule has 2 heterocycles. The van der Waals surface area contributed by atoms with Crippen LogP contribution in [0.2, 0.25) is 0 Å². The van der Waals surface area contributed by atoms with Gasteiger partial charge in [-0.05, 0) is 22.9 Å². The molecule has 0 spiro atoms. The maximum Gasteiger partial charge on any atom is 0.163 e. The molecule has 0 aromatic carbocycles. The first kappa shape index (κ1) is 18.6. The van der Waals surface area contributed by atoms with E-state index < -0.39 is 0 Å². The van der Waals surface area contributed by atoms with Gasteiger partial charge < -0.3 is 18.9 Å². The molecule has 0 aliphatic carbocycles. The van der Waals surface area contributed by atoms with Crippen LogP contribution in [0.5, 0.6) is 11.5 Å². The number of carbonyl (C=O) groups is 2. The molecule has 8 heteroatoms.